The second kappa shape index (κ2) is 7.20. The molecule has 0 aliphatic carbocycles. The highest BCUT2D eigenvalue weighted by atomic mass is 19.3. The van der Waals surface area contributed by atoms with Gasteiger partial charge in [0.1, 0.15) is 11.6 Å². The maximum absolute atomic E-state index is 13.1. The third-order valence-corrected chi connectivity index (χ3v) is 2.43. The highest BCUT2D eigenvalue weighted by Gasteiger charge is 2.14. The first-order chi connectivity index (χ1) is 8.54. The van der Waals surface area contributed by atoms with Crippen molar-refractivity contribution in [3.63, 3.8) is 0 Å². The quantitative estimate of drug-likeness (QED) is 0.764. The van der Waals surface area contributed by atoms with E-state index in [4.69, 9.17) is 0 Å². The predicted molar refractivity (Wildman–Crippen MR) is 65.5 cm³/mol. The van der Waals surface area contributed by atoms with Crippen molar-refractivity contribution in [2.75, 3.05) is 25.0 Å². The molecule has 0 atom stereocenters. The largest absolute Gasteiger partial charge is 0.354 e. The van der Waals surface area contributed by atoms with Crippen molar-refractivity contribution in [2.24, 2.45) is 0 Å². The number of halogens is 3. The standard InChI is InChI=1S/C12H18F3N3/c1-3-4-16-6-9-5-10(13)7-17-12(9)18(2)8-11(14)15/h5,7,11,16H,3-4,6,8H2,1-2H3. The molecule has 0 unspecified atom stereocenters. The van der Waals surface area contributed by atoms with Gasteiger partial charge in [0.2, 0.25) is 0 Å². The lowest BCUT2D eigenvalue weighted by atomic mass is 10.2. The normalized spacial score (nSPS) is 11.0. The lowest BCUT2D eigenvalue weighted by molar-refractivity contribution is 0.156. The van der Waals surface area contributed by atoms with Crippen molar-refractivity contribution in [1.82, 2.24) is 10.3 Å². The minimum atomic E-state index is -2.45. The van der Waals surface area contributed by atoms with E-state index < -0.39 is 18.8 Å². The number of rotatable bonds is 7. The van der Waals surface area contributed by atoms with Crippen molar-refractivity contribution < 1.29 is 13.2 Å². The zero-order chi connectivity index (χ0) is 13.5. The van der Waals surface area contributed by atoms with Crippen LogP contribution in [0.5, 0.6) is 0 Å². The summed E-state index contributed by atoms with van der Waals surface area (Å²) in [5.41, 5.74) is 0.589. The molecule has 0 saturated heterocycles. The predicted octanol–water partition coefficient (Wildman–Crippen LogP) is 2.42. The van der Waals surface area contributed by atoms with Crippen molar-refractivity contribution in [3.05, 3.63) is 23.6 Å². The molecule has 0 fully saturated rings. The Labute approximate surface area is 105 Å². The number of hydrogen-bond donors (Lipinski definition) is 1. The van der Waals surface area contributed by atoms with E-state index in [1.807, 2.05) is 6.92 Å². The Morgan fingerprint density at radius 3 is 2.78 bits per heavy atom. The van der Waals surface area contributed by atoms with Crippen LogP contribution < -0.4 is 10.2 Å². The van der Waals surface area contributed by atoms with Crippen LogP contribution in [0.3, 0.4) is 0 Å². The zero-order valence-electron chi connectivity index (χ0n) is 10.6. The molecular formula is C12H18F3N3. The van der Waals surface area contributed by atoms with Crippen LogP contribution in [-0.4, -0.2) is 31.5 Å². The first-order valence-corrected chi connectivity index (χ1v) is 5.89. The minimum Gasteiger partial charge on any atom is -0.354 e. The van der Waals surface area contributed by atoms with Crippen molar-refractivity contribution in [2.45, 2.75) is 26.3 Å². The van der Waals surface area contributed by atoms with E-state index >= 15 is 0 Å². The second-order valence-corrected chi connectivity index (χ2v) is 4.08. The average molecular weight is 261 g/mol. The topological polar surface area (TPSA) is 28.2 Å². The maximum atomic E-state index is 13.1. The van der Waals surface area contributed by atoms with Crippen LogP contribution in [0.1, 0.15) is 18.9 Å². The van der Waals surface area contributed by atoms with Gasteiger partial charge in [-0.25, -0.2) is 18.2 Å². The SMILES string of the molecule is CCCNCc1cc(F)cnc1N(C)CC(F)F. The molecule has 1 heterocycles. The van der Waals surface area contributed by atoms with E-state index in [1.165, 1.54) is 18.0 Å². The van der Waals surface area contributed by atoms with Gasteiger partial charge in [0.15, 0.2) is 0 Å². The Morgan fingerprint density at radius 1 is 1.44 bits per heavy atom. The zero-order valence-corrected chi connectivity index (χ0v) is 10.6. The molecule has 3 nitrogen and oxygen atoms in total. The fraction of sp³-hybridized carbons (Fsp3) is 0.583. The fourth-order valence-electron chi connectivity index (χ4n) is 1.64. The summed E-state index contributed by atoms with van der Waals surface area (Å²) in [5, 5.41) is 3.11. The summed E-state index contributed by atoms with van der Waals surface area (Å²) in [5.74, 6) is -0.0715. The van der Waals surface area contributed by atoms with Crippen LogP contribution in [-0.2, 0) is 6.54 Å². The van der Waals surface area contributed by atoms with Crippen LogP contribution in [0.15, 0.2) is 12.3 Å². The first-order valence-electron chi connectivity index (χ1n) is 5.89. The molecule has 6 heteroatoms. The van der Waals surface area contributed by atoms with E-state index in [2.05, 4.69) is 10.3 Å². The van der Waals surface area contributed by atoms with Crippen LogP contribution in [0.4, 0.5) is 19.0 Å². The lowest BCUT2D eigenvalue weighted by Gasteiger charge is -2.20. The van der Waals surface area contributed by atoms with Gasteiger partial charge in [-0.05, 0) is 19.0 Å². The summed E-state index contributed by atoms with van der Waals surface area (Å²) in [4.78, 5) is 5.23. The highest BCUT2D eigenvalue weighted by Crippen LogP contribution is 2.18. The molecule has 0 spiro atoms. The third-order valence-electron chi connectivity index (χ3n) is 2.43. The van der Waals surface area contributed by atoms with Crippen LogP contribution in [0.25, 0.3) is 0 Å². The van der Waals surface area contributed by atoms with Crippen molar-refractivity contribution >= 4 is 5.82 Å². The molecule has 18 heavy (non-hydrogen) atoms. The number of aromatic nitrogens is 1. The van der Waals surface area contributed by atoms with Crippen molar-refractivity contribution in [1.29, 1.82) is 0 Å². The molecule has 0 radical (unpaired) electrons. The monoisotopic (exact) mass is 261 g/mol. The molecular weight excluding hydrogens is 243 g/mol. The Morgan fingerprint density at radius 2 is 2.17 bits per heavy atom. The molecule has 1 rings (SSSR count). The Bertz CT molecular complexity index is 372. The molecule has 0 aromatic carbocycles. The van der Waals surface area contributed by atoms with Crippen LogP contribution in [0, 0.1) is 5.82 Å². The molecule has 0 aliphatic rings. The Kier molecular flexibility index (Phi) is 5.91. The molecule has 0 bridgehead atoms. The van der Waals surface area contributed by atoms with Gasteiger partial charge in [0.25, 0.3) is 6.43 Å². The molecule has 1 aromatic rings. The molecule has 1 aromatic heterocycles. The first kappa shape index (κ1) is 14.8. The summed E-state index contributed by atoms with van der Waals surface area (Å²) in [7, 11) is 1.52. The number of anilines is 1. The van der Waals surface area contributed by atoms with E-state index in [-0.39, 0.29) is 0 Å². The molecule has 1 N–H and O–H groups in total. The van der Waals surface area contributed by atoms with Gasteiger partial charge in [-0.15, -0.1) is 0 Å². The van der Waals surface area contributed by atoms with Crippen LogP contribution >= 0.6 is 0 Å². The number of pyridine rings is 1. The number of nitrogens with one attached hydrogen (secondary N) is 1. The molecule has 0 aliphatic heterocycles. The summed E-state index contributed by atoms with van der Waals surface area (Å²) >= 11 is 0. The van der Waals surface area contributed by atoms with E-state index in [9.17, 15) is 13.2 Å². The number of hydrogen-bond acceptors (Lipinski definition) is 3. The van der Waals surface area contributed by atoms with E-state index in [0.29, 0.717) is 17.9 Å². The van der Waals surface area contributed by atoms with E-state index in [1.54, 1.807) is 0 Å². The van der Waals surface area contributed by atoms with E-state index in [0.717, 1.165) is 19.2 Å². The van der Waals surface area contributed by atoms with Gasteiger partial charge < -0.3 is 10.2 Å². The summed E-state index contributed by atoms with van der Waals surface area (Å²) in [6.45, 7) is 2.80. The van der Waals surface area contributed by atoms with Gasteiger partial charge in [0.05, 0.1) is 12.7 Å². The smallest absolute Gasteiger partial charge is 0.255 e. The Balaban J connectivity index is 2.81. The third kappa shape index (κ3) is 4.52. The molecule has 0 saturated carbocycles. The number of nitrogens with zero attached hydrogens (tertiary/aromatic N) is 2. The van der Waals surface area contributed by atoms with Gasteiger partial charge in [-0.2, -0.15) is 0 Å². The second-order valence-electron chi connectivity index (χ2n) is 4.08. The summed E-state index contributed by atoms with van der Waals surface area (Å²) in [6.07, 6.45) is -0.454. The van der Waals surface area contributed by atoms with Gasteiger partial charge in [-0.3, -0.25) is 0 Å². The Hall–Kier alpha value is -1.30. The minimum absolute atomic E-state index is 0.389. The van der Waals surface area contributed by atoms with Gasteiger partial charge in [-0.1, -0.05) is 6.92 Å². The average Bonchev–Trinajstić information content (AvgIpc) is 2.28. The lowest BCUT2D eigenvalue weighted by Crippen LogP contribution is -2.27. The molecule has 0 amide bonds. The summed E-state index contributed by atoms with van der Waals surface area (Å²) in [6, 6.07) is 1.33. The molecule has 102 valence electrons. The van der Waals surface area contributed by atoms with Crippen molar-refractivity contribution in [3.8, 4) is 0 Å². The fourth-order valence-corrected chi connectivity index (χ4v) is 1.64. The highest BCUT2D eigenvalue weighted by molar-refractivity contribution is 5.46. The maximum Gasteiger partial charge on any atom is 0.255 e. The number of alkyl halides is 2. The van der Waals surface area contributed by atoms with Gasteiger partial charge in [0, 0.05) is 19.2 Å². The van der Waals surface area contributed by atoms with Gasteiger partial charge >= 0.3 is 0 Å². The van der Waals surface area contributed by atoms with Crippen LogP contribution in [0.2, 0.25) is 0 Å². The summed E-state index contributed by atoms with van der Waals surface area (Å²) < 4.78 is 37.8.